The Morgan fingerprint density at radius 2 is 1.71 bits per heavy atom. The molecular formula is C46H46FN9O6S. The number of hydrogen-bond donors (Lipinski definition) is 2. The van der Waals surface area contributed by atoms with Gasteiger partial charge in [-0.25, -0.2) is 27.6 Å². The highest BCUT2D eigenvalue weighted by Crippen LogP contribution is 2.56. The van der Waals surface area contributed by atoms with Crippen molar-refractivity contribution in [2.75, 3.05) is 25.5 Å². The van der Waals surface area contributed by atoms with Gasteiger partial charge in [-0.2, -0.15) is 5.10 Å². The number of aromatic amines is 1. The summed E-state index contributed by atoms with van der Waals surface area (Å²) in [6, 6.07) is 16.3. The van der Waals surface area contributed by atoms with E-state index in [1.165, 1.54) is 14.7 Å². The standard InChI is InChI=1S/C46H46FN9O6S/c1-25-19-34(20-26(2)40(25)47)56-41(54-15-14-53(45(54)59)33-6-8-38-31(22-33)12-18-63(38,48)60)39-28(4)52(13-9-35(39)50-56)42(57)37-23-32-21-30(29-10-16-61-17-11-29)5-7-36(32)55(37)46(24-27(46)3)43-49-44(58)62-51-43/h5-8,14-15,19-23,27-29,48H,9-13,16-18,24H2,1-4H3,(H,49,51,58)/t27-,28-,46-,63?/m0/s1. The molecule has 1 amide bonds. The molecule has 1 saturated carbocycles. The van der Waals surface area contributed by atoms with E-state index in [4.69, 9.17) is 19.1 Å². The molecule has 1 saturated heterocycles. The number of ether oxygens (including phenoxy) is 1. The summed E-state index contributed by atoms with van der Waals surface area (Å²) in [7, 11) is -2.87. The van der Waals surface area contributed by atoms with Gasteiger partial charge in [-0.1, -0.05) is 18.1 Å². The van der Waals surface area contributed by atoms with Crippen molar-refractivity contribution in [3.05, 3.63) is 139 Å². The molecule has 0 bridgehead atoms. The van der Waals surface area contributed by atoms with E-state index in [9.17, 15) is 13.8 Å². The minimum atomic E-state index is -2.87. The van der Waals surface area contributed by atoms with Gasteiger partial charge in [0.15, 0.2) is 5.82 Å². The van der Waals surface area contributed by atoms with Crippen molar-refractivity contribution < 1.29 is 22.7 Å². The van der Waals surface area contributed by atoms with Crippen LogP contribution in [0.3, 0.4) is 0 Å². The van der Waals surface area contributed by atoms with Crippen LogP contribution >= 0.6 is 0 Å². The summed E-state index contributed by atoms with van der Waals surface area (Å²) in [5.41, 5.74) is 5.37. The van der Waals surface area contributed by atoms with Gasteiger partial charge < -0.3 is 14.2 Å². The minimum absolute atomic E-state index is 0.0195. The molecule has 3 aromatic carbocycles. The fraction of sp³-hybridized carbons (Fsp3) is 0.370. The molecule has 2 fully saturated rings. The second-order valence-corrected chi connectivity index (χ2v) is 19.9. The number of carbonyl (C=O) groups excluding carboxylic acids is 1. The molecule has 15 nitrogen and oxygen atoms in total. The van der Waals surface area contributed by atoms with E-state index in [-0.39, 0.29) is 23.4 Å². The first-order valence-corrected chi connectivity index (χ1v) is 23.2. The number of halogens is 1. The highest BCUT2D eigenvalue weighted by Gasteiger charge is 2.59. The number of benzene rings is 3. The quantitative estimate of drug-likeness (QED) is 0.180. The van der Waals surface area contributed by atoms with Gasteiger partial charge in [0.05, 0.1) is 37.7 Å². The monoisotopic (exact) mass is 871 g/mol. The van der Waals surface area contributed by atoms with Crippen LogP contribution in [0.15, 0.2) is 86.0 Å². The maximum Gasteiger partial charge on any atom is 0.438 e. The Labute approximate surface area is 361 Å². The van der Waals surface area contributed by atoms with Crippen LogP contribution in [0.5, 0.6) is 0 Å². The molecule has 324 valence electrons. The highest BCUT2D eigenvalue weighted by molar-refractivity contribution is 7.92. The molecule has 0 radical (unpaired) electrons. The predicted molar refractivity (Wildman–Crippen MR) is 231 cm³/mol. The number of carbonyl (C=O) groups is 1. The van der Waals surface area contributed by atoms with Crippen LogP contribution in [0.2, 0.25) is 0 Å². The summed E-state index contributed by atoms with van der Waals surface area (Å²) < 4.78 is 53.6. The number of nitrogens with one attached hydrogen (secondary N) is 2. The van der Waals surface area contributed by atoms with E-state index in [1.807, 2.05) is 28.5 Å². The maximum atomic E-state index is 15.5. The number of rotatable bonds is 7. The zero-order valence-corrected chi connectivity index (χ0v) is 36.1. The summed E-state index contributed by atoms with van der Waals surface area (Å²) >= 11 is 0. The smallest absolute Gasteiger partial charge is 0.381 e. The lowest BCUT2D eigenvalue weighted by Gasteiger charge is -2.34. The first-order chi connectivity index (χ1) is 30.2. The van der Waals surface area contributed by atoms with Gasteiger partial charge in [0.25, 0.3) is 5.91 Å². The third kappa shape index (κ3) is 5.99. The molecule has 3 aliphatic heterocycles. The van der Waals surface area contributed by atoms with Crippen LogP contribution in [0.1, 0.15) is 94.9 Å². The predicted octanol–water partition coefficient (Wildman–Crippen LogP) is 6.60. The van der Waals surface area contributed by atoms with E-state index >= 15 is 9.18 Å². The highest BCUT2D eigenvalue weighted by atomic mass is 32.2. The maximum absolute atomic E-state index is 15.5. The molecule has 63 heavy (non-hydrogen) atoms. The Balaban J connectivity index is 1.05. The van der Waals surface area contributed by atoms with Crippen molar-refractivity contribution in [1.29, 1.82) is 4.78 Å². The number of amides is 1. The van der Waals surface area contributed by atoms with Gasteiger partial charge in [0.2, 0.25) is 0 Å². The Kier molecular flexibility index (Phi) is 8.84. The fourth-order valence-corrected chi connectivity index (χ4v) is 12.1. The lowest BCUT2D eigenvalue weighted by molar-refractivity contribution is 0.0663. The molecule has 4 atom stereocenters. The molecule has 1 aliphatic carbocycles. The number of H-pyrrole nitrogens is 1. The molecule has 2 N–H and O–H groups in total. The minimum Gasteiger partial charge on any atom is -0.381 e. The van der Waals surface area contributed by atoms with Crippen LogP contribution < -0.4 is 11.4 Å². The van der Waals surface area contributed by atoms with Crippen molar-refractivity contribution >= 4 is 26.5 Å². The molecule has 11 rings (SSSR count). The van der Waals surface area contributed by atoms with E-state index < -0.39 is 32.8 Å². The van der Waals surface area contributed by atoms with Crippen LogP contribution in [-0.4, -0.2) is 74.1 Å². The SMILES string of the molecule is Cc1cc(-n2nc3c(c2-n2ccn(-c4ccc5c(c4)CCS5(=N)=O)c2=O)[C@H](C)N(C(=O)c2cc4cc(C5CCOCC5)ccc4n2[C@@]2(c4noc(=O)[nH]4)C[C@@H]2C)CC3)cc(C)c1F. The van der Waals surface area contributed by atoms with Crippen LogP contribution in [0, 0.1) is 30.4 Å². The molecular weight excluding hydrogens is 826 g/mol. The van der Waals surface area contributed by atoms with Crippen molar-refractivity contribution in [3.63, 3.8) is 0 Å². The van der Waals surface area contributed by atoms with E-state index in [0.29, 0.717) is 101 Å². The van der Waals surface area contributed by atoms with E-state index in [1.54, 1.807) is 55.2 Å². The lowest BCUT2D eigenvalue weighted by atomic mass is 9.91. The lowest BCUT2D eigenvalue weighted by Crippen LogP contribution is -2.41. The fourth-order valence-electron chi connectivity index (χ4n) is 10.5. The molecule has 1 unspecified atom stereocenters. The van der Waals surface area contributed by atoms with Crippen molar-refractivity contribution in [3.8, 4) is 17.2 Å². The van der Waals surface area contributed by atoms with Crippen molar-refractivity contribution in [2.24, 2.45) is 5.92 Å². The molecule has 7 heterocycles. The van der Waals surface area contributed by atoms with Crippen molar-refractivity contribution in [2.45, 2.75) is 82.2 Å². The summed E-state index contributed by atoms with van der Waals surface area (Å²) in [5, 5.41) is 10.2. The van der Waals surface area contributed by atoms with E-state index in [0.717, 1.165) is 29.3 Å². The first-order valence-electron chi connectivity index (χ1n) is 21.5. The van der Waals surface area contributed by atoms with Crippen LogP contribution in [0.25, 0.3) is 28.1 Å². The van der Waals surface area contributed by atoms with Gasteiger partial charge >= 0.3 is 11.4 Å². The average Bonchev–Trinajstić information content (AvgIpc) is 3.87. The third-order valence-electron chi connectivity index (χ3n) is 14.0. The molecule has 4 aromatic heterocycles. The number of hydrogen-bond acceptors (Lipinski definition) is 9. The summed E-state index contributed by atoms with van der Waals surface area (Å²) in [6.45, 7) is 9.11. The Bertz CT molecular complexity index is 3270. The molecule has 4 aliphatic rings. The normalized spacial score (nSPS) is 23.3. The van der Waals surface area contributed by atoms with Crippen molar-refractivity contribution in [1.82, 2.24) is 38.5 Å². The number of imidazole rings is 1. The van der Waals surface area contributed by atoms with Gasteiger partial charge in [0, 0.05) is 60.8 Å². The van der Waals surface area contributed by atoms with Gasteiger partial charge in [-0.05, 0) is 129 Å². The largest absolute Gasteiger partial charge is 0.438 e. The van der Waals surface area contributed by atoms with Crippen LogP contribution in [-0.2, 0) is 32.8 Å². The van der Waals surface area contributed by atoms with Gasteiger partial charge in [0.1, 0.15) is 22.9 Å². The molecule has 17 heteroatoms. The third-order valence-corrected chi connectivity index (χ3v) is 15.9. The summed E-state index contributed by atoms with van der Waals surface area (Å²) in [4.78, 5) is 47.6. The van der Waals surface area contributed by atoms with E-state index in [2.05, 4.69) is 35.3 Å². The molecule has 7 aromatic rings. The number of aryl methyl sites for hydroxylation is 3. The first kappa shape index (κ1) is 39.5. The Morgan fingerprint density at radius 3 is 2.43 bits per heavy atom. The average molecular weight is 872 g/mol. The zero-order valence-electron chi connectivity index (χ0n) is 35.3. The Hall–Kier alpha value is -6.33. The van der Waals surface area contributed by atoms with Gasteiger partial charge in [-0.3, -0.25) is 23.4 Å². The number of aromatic nitrogens is 7. The number of nitrogens with zero attached hydrogens (tertiary/aromatic N) is 7. The second kappa shape index (κ2) is 14.1. The van der Waals surface area contributed by atoms with Gasteiger partial charge in [-0.15, -0.1) is 0 Å². The van der Waals surface area contributed by atoms with Crippen LogP contribution in [0.4, 0.5) is 4.39 Å². The summed E-state index contributed by atoms with van der Waals surface area (Å²) in [6.07, 6.45) is 6.64. The second-order valence-electron chi connectivity index (χ2n) is 17.7. The molecule has 0 spiro atoms. The summed E-state index contributed by atoms with van der Waals surface area (Å²) in [5.74, 6) is 0.158. The Morgan fingerprint density at radius 1 is 0.968 bits per heavy atom. The zero-order chi connectivity index (χ0) is 43.7. The number of fused-ring (bicyclic) bond motifs is 3. The topological polar surface area (TPSA) is 179 Å².